The van der Waals surface area contributed by atoms with E-state index in [-0.39, 0.29) is 11.9 Å². The van der Waals surface area contributed by atoms with Crippen LogP contribution >= 0.6 is 0 Å². The highest BCUT2D eigenvalue weighted by Gasteiger charge is 2.51. The minimum atomic E-state index is -0.668. The second-order valence-electron chi connectivity index (χ2n) is 6.82. The molecule has 30 heavy (non-hydrogen) atoms. The highest BCUT2D eigenvalue weighted by atomic mass is 16.5. The number of nitrogens with zero attached hydrogens (tertiary/aromatic N) is 1. The summed E-state index contributed by atoms with van der Waals surface area (Å²) in [7, 11) is 2.94. The van der Waals surface area contributed by atoms with Gasteiger partial charge >= 0.3 is 5.97 Å². The second kappa shape index (κ2) is 8.29. The van der Waals surface area contributed by atoms with E-state index >= 15 is 0 Å². The van der Waals surface area contributed by atoms with Crippen molar-refractivity contribution in [3.63, 3.8) is 0 Å². The average molecular weight is 403 g/mol. The number of para-hydroxylation sites is 1. The maximum absolute atomic E-state index is 13.0. The summed E-state index contributed by atoms with van der Waals surface area (Å²) in [6, 6.07) is 23.2. The molecule has 3 aromatic carbocycles. The summed E-state index contributed by atoms with van der Waals surface area (Å²) >= 11 is 0. The number of rotatable bonds is 6. The lowest BCUT2D eigenvalue weighted by Crippen LogP contribution is -2.61. The van der Waals surface area contributed by atoms with Gasteiger partial charge in [0, 0.05) is 5.69 Å². The van der Waals surface area contributed by atoms with Gasteiger partial charge in [-0.05, 0) is 54.1 Å². The summed E-state index contributed by atoms with van der Waals surface area (Å²) in [6.45, 7) is 0. The molecule has 3 aromatic rings. The van der Waals surface area contributed by atoms with E-state index in [1.165, 1.54) is 7.11 Å². The first-order valence-corrected chi connectivity index (χ1v) is 9.49. The van der Waals surface area contributed by atoms with Crippen molar-refractivity contribution in [2.24, 2.45) is 0 Å². The molecule has 0 bridgehead atoms. The molecule has 152 valence electrons. The van der Waals surface area contributed by atoms with E-state index in [2.05, 4.69) is 0 Å². The summed E-state index contributed by atoms with van der Waals surface area (Å²) in [5.41, 5.74) is 2.05. The van der Waals surface area contributed by atoms with Gasteiger partial charge in [0.15, 0.2) is 0 Å². The Balaban J connectivity index is 1.67. The van der Waals surface area contributed by atoms with Crippen molar-refractivity contribution in [3.05, 3.63) is 90.0 Å². The molecular formula is C24H21NO5. The van der Waals surface area contributed by atoms with E-state index in [1.807, 2.05) is 66.7 Å². The third kappa shape index (κ3) is 3.59. The molecule has 2 unspecified atom stereocenters. The van der Waals surface area contributed by atoms with Crippen LogP contribution in [0.1, 0.15) is 22.0 Å². The standard InChI is InChI=1S/C24H21NO5/c1-28-19-14-12-18(13-15-19)25-21(16-8-10-17(11-9-16)24(27)29-2)22(23(25)26)30-20-6-4-3-5-7-20/h3-15,21-22H,1-2H3. The second-order valence-corrected chi connectivity index (χ2v) is 6.82. The normalized spacial score (nSPS) is 17.8. The molecule has 1 fully saturated rings. The van der Waals surface area contributed by atoms with Crippen LogP contribution in [0, 0.1) is 0 Å². The lowest BCUT2D eigenvalue weighted by Gasteiger charge is -2.46. The lowest BCUT2D eigenvalue weighted by atomic mass is 9.89. The first kappa shape index (κ1) is 19.5. The van der Waals surface area contributed by atoms with Crippen LogP contribution in [-0.2, 0) is 9.53 Å². The molecule has 0 saturated carbocycles. The molecule has 6 heteroatoms. The smallest absolute Gasteiger partial charge is 0.337 e. The van der Waals surface area contributed by atoms with Crippen molar-refractivity contribution in [1.29, 1.82) is 0 Å². The largest absolute Gasteiger partial charge is 0.497 e. The molecule has 1 saturated heterocycles. The molecule has 0 N–H and O–H groups in total. The number of esters is 1. The van der Waals surface area contributed by atoms with E-state index in [0.717, 1.165) is 11.3 Å². The van der Waals surface area contributed by atoms with Crippen LogP contribution in [0.5, 0.6) is 11.5 Å². The van der Waals surface area contributed by atoms with Gasteiger partial charge in [-0.1, -0.05) is 30.3 Å². The van der Waals surface area contributed by atoms with Crippen molar-refractivity contribution in [2.45, 2.75) is 12.1 Å². The van der Waals surface area contributed by atoms with Gasteiger partial charge in [-0.3, -0.25) is 9.69 Å². The average Bonchev–Trinajstić information content (AvgIpc) is 2.81. The third-order valence-corrected chi connectivity index (χ3v) is 5.08. The Labute approximate surface area is 174 Å². The van der Waals surface area contributed by atoms with Crippen LogP contribution < -0.4 is 14.4 Å². The number of carbonyl (C=O) groups excluding carboxylic acids is 2. The van der Waals surface area contributed by atoms with Gasteiger partial charge in [-0.25, -0.2) is 4.79 Å². The fraction of sp³-hybridized carbons (Fsp3) is 0.167. The van der Waals surface area contributed by atoms with Crippen LogP contribution in [0.3, 0.4) is 0 Å². The molecule has 1 aliphatic heterocycles. The van der Waals surface area contributed by atoms with Crippen LogP contribution in [0.25, 0.3) is 0 Å². The van der Waals surface area contributed by atoms with Crippen molar-refractivity contribution in [2.75, 3.05) is 19.1 Å². The number of ether oxygens (including phenoxy) is 3. The highest BCUT2D eigenvalue weighted by molar-refractivity contribution is 6.05. The SMILES string of the molecule is COC(=O)c1ccc(C2C(Oc3ccccc3)C(=O)N2c2ccc(OC)cc2)cc1. The molecule has 2 atom stereocenters. The predicted octanol–water partition coefficient (Wildman–Crippen LogP) is 4.02. The van der Waals surface area contributed by atoms with Crippen LogP contribution in [-0.4, -0.2) is 32.2 Å². The summed E-state index contributed by atoms with van der Waals surface area (Å²) in [6.07, 6.45) is -0.668. The first-order valence-electron chi connectivity index (χ1n) is 9.49. The fourth-order valence-electron chi connectivity index (χ4n) is 3.51. The molecule has 1 heterocycles. The molecule has 0 spiro atoms. The van der Waals surface area contributed by atoms with E-state index < -0.39 is 12.1 Å². The molecular weight excluding hydrogens is 382 g/mol. The van der Waals surface area contributed by atoms with Crippen molar-refractivity contribution >= 4 is 17.6 Å². The maximum atomic E-state index is 13.0. The molecule has 0 radical (unpaired) electrons. The molecule has 1 aliphatic rings. The zero-order chi connectivity index (χ0) is 21.1. The van der Waals surface area contributed by atoms with Gasteiger partial charge in [0.2, 0.25) is 6.10 Å². The lowest BCUT2D eigenvalue weighted by molar-refractivity contribution is -0.135. The molecule has 4 rings (SSSR count). The zero-order valence-electron chi connectivity index (χ0n) is 16.6. The summed E-state index contributed by atoms with van der Waals surface area (Å²) in [5, 5.41) is 0. The third-order valence-electron chi connectivity index (χ3n) is 5.08. The molecule has 0 aromatic heterocycles. The number of hydrogen-bond donors (Lipinski definition) is 0. The van der Waals surface area contributed by atoms with E-state index in [4.69, 9.17) is 14.2 Å². The molecule has 6 nitrogen and oxygen atoms in total. The van der Waals surface area contributed by atoms with Gasteiger partial charge in [-0.2, -0.15) is 0 Å². The number of anilines is 1. The van der Waals surface area contributed by atoms with Gasteiger partial charge in [0.1, 0.15) is 17.5 Å². The number of β-lactam (4-membered cyclic amide) rings is 1. The van der Waals surface area contributed by atoms with Gasteiger partial charge in [-0.15, -0.1) is 0 Å². The molecule has 1 amide bonds. The minimum Gasteiger partial charge on any atom is -0.497 e. The topological polar surface area (TPSA) is 65.1 Å². The van der Waals surface area contributed by atoms with E-state index in [9.17, 15) is 9.59 Å². The number of carbonyl (C=O) groups is 2. The number of amides is 1. The Kier molecular flexibility index (Phi) is 5.39. The number of benzene rings is 3. The Bertz CT molecular complexity index is 1030. The zero-order valence-corrected chi connectivity index (χ0v) is 16.6. The van der Waals surface area contributed by atoms with E-state index in [0.29, 0.717) is 17.1 Å². The summed E-state index contributed by atoms with van der Waals surface area (Å²) < 4.78 is 16.0. The quantitative estimate of drug-likeness (QED) is 0.460. The van der Waals surface area contributed by atoms with Crippen LogP contribution in [0.15, 0.2) is 78.9 Å². The van der Waals surface area contributed by atoms with Gasteiger partial charge < -0.3 is 14.2 Å². The number of hydrogen-bond acceptors (Lipinski definition) is 5. The van der Waals surface area contributed by atoms with Crippen molar-refractivity contribution in [1.82, 2.24) is 0 Å². The molecule has 0 aliphatic carbocycles. The Hall–Kier alpha value is -3.80. The van der Waals surface area contributed by atoms with Gasteiger partial charge in [0.05, 0.1) is 19.8 Å². The Morgan fingerprint density at radius 1 is 0.833 bits per heavy atom. The van der Waals surface area contributed by atoms with Crippen LogP contribution in [0.2, 0.25) is 0 Å². The Morgan fingerprint density at radius 2 is 1.50 bits per heavy atom. The minimum absolute atomic E-state index is 0.133. The maximum Gasteiger partial charge on any atom is 0.337 e. The highest BCUT2D eigenvalue weighted by Crippen LogP contribution is 2.41. The van der Waals surface area contributed by atoms with Crippen molar-refractivity contribution in [3.8, 4) is 11.5 Å². The Morgan fingerprint density at radius 3 is 2.10 bits per heavy atom. The first-order chi connectivity index (χ1) is 14.6. The summed E-state index contributed by atoms with van der Waals surface area (Å²) in [5.74, 6) is 0.797. The summed E-state index contributed by atoms with van der Waals surface area (Å²) in [4.78, 5) is 26.5. The monoisotopic (exact) mass is 403 g/mol. The number of methoxy groups -OCH3 is 2. The fourth-order valence-corrected chi connectivity index (χ4v) is 3.51. The van der Waals surface area contributed by atoms with Gasteiger partial charge in [0.25, 0.3) is 5.91 Å². The predicted molar refractivity (Wildman–Crippen MR) is 112 cm³/mol. The van der Waals surface area contributed by atoms with E-state index in [1.54, 1.807) is 24.1 Å². The van der Waals surface area contributed by atoms with Crippen LogP contribution in [0.4, 0.5) is 5.69 Å². The van der Waals surface area contributed by atoms with Crippen molar-refractivity contribution < 1.29 is 23.8 Å².